The van der Waals surface area contributed by atoms with Gasteiger partial charge in [0.2, 0.25) is 0 Å². The van der Waals surface area contributed by atoms with Crippen molar-refractivity contribution in [1.82, 2.24) is 0 Å². The molecular weight excluding hydrogens is 252 g/mol. The van der Waals surface area contributed by atoms with Gasteiger partial charge in [0.05, 0.1) is 0 Å². The fourth-order valence-electron chi connectivity index (χ4n) is 2.28. The molecule has 1 aliphatic rings. The van der Waals surface area contributed by atoms with Crippen LogP contribution in [0.5, 0.6) is 5.75 Å². The monoisotopic (exact) mass is 278 g/mol. The van der Waals surface area contributed by atoms with Gasteiger partial charge in [0, 0.05) is 5.56 Å². The first-order valence-corrected chi connectivity index (χ1v) is 9.90. The van der Waals surface area contributed by atoms with Gasteiger partial charge in [-0.25, -0.2) is 0 Å². The second-order valence-electron chi connectivity index (χ2n) is 7.38. The summed E-state index contributed by atoms with van der Waals surface area (Å²) in [6.45, 7) is 16.3. The van der Waals surface area contributed by atoms with Gasteiger partial charge in [-0.1, -0.05) is 32.9 Å². The number of fused-ring (bicyclic) bond motifs is 1. The van der Waals surface area contributed by atoms with Gasteiger partial charge in [0.25, 0.3) is 0 Å². The van der Waals surface area contributed by atoms with E-state index in [-0.39, 0.29) is 10.6 Å². The maximum absolute atomic E-state index is 6.63. The number of aryl methyl sites for hydroxylation is 1. The number of hydrogen-bond donors (Lipinski definition) is 0. The SMILES string of the molecule is Cc1ccc2c(c1)OC[C@]2(C)O[Si](C)(C)C(C)(C)C. The lowest BCUT2D eigenvalue weighted by atomic mass is 9.98. The lowest BCUT2D eigenvalue weighted by molar-refractivity contribution is 0.0466. The molecule has 0 bridgehead atoms. The summed E-state index contributed by atoms with van der Waals surface area (Å²) >= 11 is 0. The predicted octanol–water partition coefficient (Wildman–Crippen LogP) is 4.62. The molecule has 0 spiro atoms. The summed E-state index contributed by atoms with van der Waals surface area (Å²) in [4.78, 5) is 0. The molecule has 0 aromatic heterocycles. The Bertz CT molecular complexity index is 488. The third kappa shape index (κ3) is 2.58. The first-order chi connectivity index (χ1) is 8.55. The molecule has 3 heteroatoms. The van der Waals surface area contributed by atoms with Gasteiger partial charge in [-0.15, -0.1) is 0 Å². The number of hydrogen-bond acceptors (Lipinski definition) is 2. The molecule has 1 aromatic rings. The van der Waals surface area contributed by atoms with Crippen molar-refractivity contribution in [2.75, 3.05) is 6.61 Å². The van der Waals surface area contributed by atoms with Crippen molar-refractivity contribution in [1.29, 1.82) is 0 Å². The topological polar surface area (TPSA) is 18.5 Å². The van der Waals surface area contributed by atoms with Crippen LogP contribution in [0.25, 0.3) is 0 Å². The van der Waals surface area contributed by atoms with Crippen molar-refractivity contribution in [3.05, 3.63) is 29.3 Å². The summed E-state index contributed by atoms with van der Waals surface area (Å²) in [5.41, 5.74) is 2.13. The summed E-state index contributed by atoms with van der Waals surface area (Å²) in [5.74, 6) is 0.987. The van der Waals surface area contributed by atoms with Gasteiger partial charge in [0.15, 0.2) is 8.32 Å². The highest BCUT2D eigenvalue weighted by molar-refractivity contribution is 6.74. The van der Waals surface area contributed by atoms with Crippen LogP contribution < -0.4 is 4.74 Å². The van der Waals surface area contributed by atoms with E-state index in [1.165, 1.54) is 11.1 Å². The average molecular weight is 278 g/mol. The van der Waals surface area contributed by atoms with Crippen LogP contribution in [0.4, 0.5) is 0 Å². The summed E-state index contributed by atoms with van der Waals surface area (Å²) in [6, 6.07) is 6.40. The molecule has 0 fully saturated rings. The molecule has 0 saturated carbocycles. The molecule has 2 nitrogen and oxygen atoms in total. The predicted molar refractivity (Wildman–Crippen MR) is 82.3 cm³/mol. The Morgan fingerprint density at radius 2 is 1.89 bits per heavy atom. The Balaban J connectivity index is 2.33. The van der Waals surface area contributed by atoms with E-state index < -0.39 is 8.32 Å². The second kappa shape index (κ2) is 4.35. The maximum atomic E-state index is 6.63. The molecule has 19 heavy (non-hydrogen) atoms. The molecular formula is C16H26O2Si. The van der Waals surface area contributed by atoms with Gasteiger partial charge in [0.1, 0.15) is 18.0 Å². The van der Waals surface area contributed by atoms with Crippen molar-refractivity contribution < 1.29 is 9.16 Å². The van der Waals surface area contributed by atoms with Crippen LogP contribution >= 0.6 is 0 Å². The Morgan fingerprint density at radius 3 is 2.47 bits per heavy atom. The van der Waals surface area contributed by atoms with Gasteiger partial charge >= 0.3 is 0 Å². The largest absolute Gasteiger partial charge is 0.490 e. The van der Waals surface area contributed by atoms with Crippen LogP contribution in [0, 0.1) is 6.92 Å². The fourth-order valence-corrected chi connectivity index (χ4v) is 3.88. The standard InChI is InChI=1S/C16H26O2Si/c1-12-8-9-13-14(10-12)17-11-16(13,5)18-19(6,7)15(2,3)4/h8-10H,11H2,1-7H3/t16-/m0/s1. The summed E-state index contributed by atoms with van der Waals surface area (Å²) in [6.07, 6.45) is 0. The smallest absolute Gasteiger partial charge is 0.193 e. The van der Waals surface area contributed by atoms with Crippen molar-refractivity contribution in [3.63, 3.8) is 0 Å². The van der Waals surface area contributed by atoms with Gasteiger partial charge < -0.3 is 9.16 Å². The van der Waals surface area contributed by atoms with Crippen LogP contribution in [-0.4, -0.2) is 14.9 Å². The molecule has 1 heterocycles. The third-order valence-electron chi connectivity index (χ3n) is 4.50. The lowest BCUT2D eigenvalue weighted by Crippen LogP contribution is -2.48. The Hall–Kier alpha value is -0.803. The molecule has 0 radical (unpaired) electrons. The first kappa shape index (κ1) is 14.6. The first-order valence-electron chi connectivity index (χ1n) is 6.99. The Labute approximate surface area is 118 Å². The second-order valence-corrected chi connectivity index (χ2v) is 12.1. The van der Waals surface area contributed by atoms with E-state index in [1.807, 2.05) is 0 Å². The minimum absolute atomic E-state index is 0.212. The number of ether oxygens (including phenoxy) is 1. The van der Waals surface area contributed by atoms with E-state index in [0.29, 0.717) is 6.61 Å². The third-order valence-corrected chi connectivity index (χ3v) is 9.07. The Morgan fingerprint density at radius 1 is 1.26 bits per heavy atom. The zero-order valence-electron chi connectivity index (χ0n) is 13.3. The van der Waals surface area contributed by atoms with Crippen molar-refractivity contribution in [2.45, 2.75) is 58.4 Å². The molecule has 2 rings (SSSR count). The van der Waals surface area contributed by atoms with Gasteiger partial charge in [-0.05, 0) is 43.6 Å². The van der Waals surface area contributed by atoms with Crippen LogP contribution in [0.1, 0.15) is 38.8 Å². The molecule has 1 aromatic carbocycles. The average Bonchev–Trinajstić information content (AvgIpc) is 2.53. The zero-order valence-corrected chi connectivity index (χ0v) is 14.3. The van der Waals surface area contributed by atoms with E-state index in [4.69, 9.17) is 9.16 Å². The number of rotatable bonds is 2. The zero-order chi connectivity index (χ0) is 14.5. The molecule has 0 saturated heterocycles. The highest BCUT2D eigenvalue weighted by Crippen LogP contribution is 2.46. The van der Waals surface area contributed by atoms with E-state index in [0.717, 1.165) is 5.75 Å². The van der Waals surface area contributed by atoms with Crippen LogP contribution in [0.2, 0.25) is 18.1 Å². The van der Waals surface area contributed by atoms with Crippen LogP contribution in [0.3, 0.4) is 0 Å². The summed E-state index contributed by atoms with van der Waals surface area (Å²) < 4.78 is 12.5. The van der Waals surface area contributed by atoms with Crippen LogP contribution in [0.15, 0.2) is 18.2 Å². The molecule has 0 N–H and O–H groups in total. The summed E-state index contributed by atoms with van der Waals surface area (Å²) in [5, 5.41) is 0.212. The van der Waals surface area contributed by atoms with E-state index >= 15 is 0 Å². The highest BCUT2D eigenvalue weighted by atomic mass is 28.4. The molecule has 0 amide bonds. The molecule has 106 valence electrons. The minimum Gasteiger partial charge on any atom is -0.490 e. The molecule has 1 aliphatic heterocycles. The molecule has 0 aliphatic carbocycles. The van der Waals surface area contributed by atoms with Crippen molar-refractivity contribution in [2.24, 2.45) is 0 Å². The Kier molecular flexibility index (Phi) is 3.34. The number of benzene rings is 1. The molecule has 1 atom stereocenters. The van der Waals surface area contributed by atoms with E-state index in [9.17, 15) is 0 Å². The van der Waals surface area contributed by atoms with Crippen LogP contribution in [-0.2, 0) is 10.0 Å². The lowest BCUT2D eigenvalue weighted by Gasteiger charge is -2.42. The van der Waals surface area contributed by atoms with Crippen molar-refractivity contribution in [3.8, 4) is 5.75 Å². The minimum atomic E-state index is -1.80. The van der Waals surface area contributed by atoms with E-state index in [2.05, 4.69) is 65.9 Å². The quantitative estimate of drug-likeness (QED) is 0.735. The van der Waals surface area contributed by atoms with E-state index in [1.54, 1.807) is 0 Å². The highest BCUT2D eigenvalue weighted by Gasteiger charge is 2.47. The van der Waals surface area contributed by atoms with Gasteiger partial charge in [-0.2, -0.15) is 0 Å². The normalized spacial score (nSPS) is 23.1. The van der Waals surface area contributed by atoms with Gasteiger partial charge in [-0.3, -0.25) is 0 Å². The maximum Gasteiger partial charge on any atom is 0.193 e. The van der Waals surface area contributed by atoms with Crippen molar-refractivity contribution >= 4 is 8.32 Å². The molecule has 0 unspecified atom stereocenters. The fraction of sp³-hybridized carbons (Fsp3) is 0.625. The summed E-state index contributed by atoms with van der Waals surface area (Å²) in [7, 11) is -1.80.